The lowest BCUT2D eigenvalue weighted by Gasteiger charge is -2.30. The lowest BCUT2D eigenvalue weighted by atomic mass is 9.84. The number of aryl methyl sites for hydroxylation is 7. The smallest absolute Gasteiger partial charge is 0.330 e. The normalized spacial score (nSPS) is 14.9. The molecule has 6 heteroatoms. The summed E-state index contributed by atoms with van der Waals surface area (Å²) in [6, 6.07) is 38.8. The fraction of sp³-hybridized carbons (Fsp3) is 0.227. The van der Waals surface area contributed by atoms with Crippen LogP contribution in [0.1, 0.15) is 51.7 Å². The van der Waals surface area contributed by atoms with E-state index < -0.39 is 0 Å². The molecule has 2 bridgehead atoms. The van der Waals surface area contributed by atoms with Gasteiger partial charge in [0.1, 0.15) is 24.4 Å². The molecule has 0 fully saturated rings. The van der Waals surface area contributed by atoms with E-state index in [0.717, 1.165) is 72.7 Å². The minimum absolute atomic E-state index is 0.281. The summed E-state index contributed by atoms with van der Waals surface area (Å²) >= 11 is 0. The SMILES string of the molecule is Cn1cc(CCc2cc3cc(c2)[C-]2CC(Cc4cn(C)c(-c5ccccc5)n4)c4ccccc4-[c-]4[n+](C)cc([n+]42)CC3)nc1-c1ccccc1. The fourth-order valence-corrected chi connectivity index (χ4v) is 8.35. The molecular weight excluding hydrogens is 613 g/mol. The Balaban J connectivity index is 1.07. The van der Waals surface area contributed by atoms with Crippen molar-refractivity contribution in [3.8, 4) is 34.2 Å². The van der Waals surface area contributed by atoms with Crippen LogP contribution in [0.15, 0.2) is 122 Å². The van der Waals surface area contributed by atoms with Gasteiger partial charge in [0, 0.05) is 43.7 Å². The molecule has 5 heterocycles. The van der Waals surface area contributed by atoms with Crippen molar-refractivity contribution in [1.29, 1.82) is 0 Å². The van der Waals surface area contributed by atoms with Crippen LogP contribution in [-0.2, 0) is 53.2 Å². The van der Waals surface area contributed by atoms with Gasteiger partial charge in [-0.05, 0) is 50.0 Å². The second-order valence-corrected chi connectivity index (χ2v) is 14.1. The van der Waals surface area contributed by atoms with Crippen LogP contribution >= 0.6 is 0 Å². The summed E-state index contributed by atoms with van der Waals surface area (Å²) in [4.78, 5) is 10.2. The summed E-state index contributed by atoms with van der Waals surface area (Å²) in [7, 11) is 6.42. The molecule has 4 aromatic carbocycles. The third-order valence-corrected chi connectivity index (χ3v) is 10.6. The van der Waals surface area contributed by atoms with Gasteiger partial charge in [-0.15, -0.1) is 11.1 Å². The van der Waals surface area contributed by atoms with Crippen molar-refractivity contribution in [2.45, 2.75) is 44.4 Å². The summed E-state index contributed by atoms with van der Waals surface area (Å²) in [5.41, 5.74) is 12.8. The van der Waals surface area contributed by atoms with E-state index in [1.807, 2.05) is 0 Å². The van der Waals surface area contributed by atoms with Crippen LogP contribution in [0, 0.1) is 6.04 Å². The molecule has 50 heavy (non-hydrogen) atoms. The Hall–Kier alpha value is -5.62. The summed E-state index contributed by atoms with van der Waals surface area (Å²) < 4.78 is 9.28. The first-order chi connectivity index (χ1) is 24.5. The highest BCUT2D eigenvalue weighted by Crippen LogP contribution is 2.40. The Bertz CT molecular complexity index is 2320. The molecule has 1 atom stereocenters. The van der Waals surface area contributed by atoms with Crippen molar-refractivity contribution < 1.29 is 9.13 Å². The van der Waals surface area contributed by atoms with Crippen molar-refractivity contribution in [1.82, 2.24) is 19.1 Å². The average Bonchev–Trinajstić information content (AvgIpc) is 3.78. The van der Waals surface area contributed by atoms with Crippen LogP contribution in [0.25, 0.3) is 34.2 Å². The molecule has 9 rings (SSSR count). The van der Waals surface area contributed by atoms with Gasteiger partial charge in [0.05, 0.1) is 17.0 Å². The summed E-state index contributed by atoms with van der Waals surface area (Å²) in [6.45, 7) is 0. The summed E-state index contributed by atoms with van der Waals surface area (Å²) in [5, 5.41) is 0. The van der Waals surface area contributed by atoms with Gasteiger partial charge in [-0.3, -0.25) is 4.57 Å². The van der Waals surface area contributed by atoms with E-state index in [1.54, 1.807) is 0 Å². The molecule has 3 aromatic heterocycles. The number of rotatable bonds is 7. The Morgan fingerprint density at radius 1 is 0.740 bits per heavy atom. The van der Waals surface area contributed by atoms with Crippen molar-refractivity contribution in [3.63, 3.8) is 0 Å². The molecule has 248 valence electrons. The van der Waals surface area contributed by atoms with Gasteiger partial charge >= 0.3 is 5.82 Å². The van der Waals surface area contributed by atoms with E-state index in [4.69, 9.17) is 9.97 Å². The number of fused-ring (bicyclic) bond motifs is 5. The number of aromatic nitrogens is 6. The molecular formula is C44H42N6. The zero-order valence-electron chi connectivity index (χ0n) is 29.1. The van der Waals surface area contributed by atoms with E-state index >= 15 is 0 Å². The number of nitrogens with zero attached hydrogens (tertiary/aromatic N) is 6. The van der Waals surface area contributed by atoms with Gasteiger partial charge < -0.3 is 9.13 Å². The topological polar surface area (TPSA) is 43.4 Å². The quantitative estimate of drug-likeness (QED) is 0.137. The highest BCUT2D eigenvalue weighted by Gasteiger charge is 2.36. The molecule has 0 aliphatic carbocycles. The first-order valence-electron chi connectivity index (χ1n) is 17.8. The number of hydrogen-bond acceptors (Lipinski definition) is 2. The first kappa shape index (κ1) is 30.4. The standard InChI is InChI=1S/C44H42N6/c1-47-27-36(45-42(47)32-12-6-4-7-13-32)20-18-30-22-31-19-21-38-29-49(3)44-40-17-11-10-16-39(40)34(26-41(50(38)44)35(23-30)24-31)25-37-28-48(2)43(46-37)33-14-8-5-9-15-33/h4-17,22-24,27-29,34H,18-21,25-26H2,1-3H3. The molecule has 7 aromatic rings. The highest BCUT2D eigenvalue weighted by atomic mass is 15.2. The van der Waals surface area contributed by atoms with E-state index in [9.17, 15) is 0 Å². The van der Waals surface area contributed by atoms with E-state index in [0.29, 0.717) is 0 Å². The van der Waals surface area contributed by atoms with E-state index in [2.05, 4.69) is 161 Å². The summed E-state index contributed by atoms with van der Waals surface area (Å²) in [5.74, 6) is 3.59. The van der Waals surface area contributed by atoms with Crippen LogP contribution in [0.5, 0.6) is 0 Å². The molecule has 0 N–H and O–H groups in total. The van der Waals surface area contributed by atoms with Crippen LogP contribution in [0.4, 0.5) is 0 Å². The van der Waals surface area contributed by atoms with Gasteiger partial charge in [0.25, 0.3) is 0 Å². The van der Waals surface area contributed by atoms with Crippen molar-refractivity contribution in [2.75, 3.05) is 0 Å². The second-order valence-electron chi connectivity index (χ2n) is 14.1. The van der Waals surface area contributed by atoms with Gasteiger partial charge in [-0.1, -0.05) is 91.0 Å². The molecule has 0 amide bonds. The van der Waals surface area contributed by atoms with Crippen LogP contribution in [-0.4, -0.2) is 19.1 Å². The maximum absolute atomic E-state index is 5.20. The first-order valence-corrected chi connectivity index (χ1v) is 17.8. The van der Waals surface area contributed by atoms with Crippen LogP contribution in [0.2, 0.25) is 0 Å². The van der Waals surface area contributed by atoms with Crippen molar-refractivity contribution in [2.24, 2.45) is 21.1 Å². The van der Waals surface area contributed by atoms with E-state index in [-0.39, 0.29) is 5.92 Å². The fourth-order valence-electron chi connectivity index (χ4n) is 8.35. The molecule has 0 spiro atoms. The Kier molecular flexibility index (Phi) is 7.53. The molecule has 2 aliphatic heterocycles. The largest absolute Gasteiger partial charge is 0.334 e. The van der Waals surface area contributed by atoms with E-state index in [1.165, 1.54) is 45.4 Å². The van der Waals surface area contributed by atoms with Crippen LogP contribution < -0.4 is 9.13 Å². The average molecular weight is 655 g/mol. The second kappa shape index (κ2) is 12.4. The van der Waals surface area contributed by atoms with Gasteiger partial charge in [-0.2, -0.15) is 17.7 Å². The minimum Gasteiger partial charge on any atom is -0.334 e. The predicted octanol–water partition coefficient (Wildman–Crippen LogP) is 7.03. The number of benzene rings is 4. The molecule has 0 saturated carbocycles. The zero-order chi connectivity index (χ0) is 33.8. The summed E-state index contributed by atoms with van der Waals surface area (Å²) in [6.07, 6.45) is 12.5. The zero-order valence-corrected chi connectivity index (χ0v) is 29.1. The van der Waals surface area contributed by atoms with Crippen molar-refractivity contribution in [3.05, 3.63) is 167 Å². The molecule has 6 nitrogen and oxygen atoms in total. The molecule has 0 radical (unpaired) electrons. The lowest BCUT2D eigenvalue weighted by Crippen LogP contribution is -2.48. The lowest BCUT2D eigenvalue weighted by molar-refractivity contribution is -0.745. The number of hydrogen-bond donors (Lipinski definition) is 0. The monoisotopic (exact) mass is 654 g/mol. The van der Waals surface area contributed by atoms with Gasteiger partial charge in [0.2, 0.25) is 0 Å². The van der Waals surface area contributed by atoms with Gasteiger partial charge in [-0.25, -0.2) is 14.5 Å². The van der Waals surface area contributed by atoms with Crippen molar-refractivity contribution >= 4 is 0 Å². The third kappa shape index (κ3) is 5.45. The third-order valence-electron chi connectivity index (χ3n) is 10.6. The maximum atomic E-state index is 5.20. The highest BCUT2D eigenvalue weighted by molar-refractivity contribution is 5.60. The molecule has 0 saturated heterocycles. The molecule has 2 aliphatic rings. The van der Waals surface area contributed by atoms with Gasteiger partial charge in [0.15, 0.2) is 6.20 Å². The molecule has 1 unspecified atom stereocenters. The maximum Gasteiger partial charge on any atom is 0.330 e. The Labute approximate surface area is 294 Å². The Morgan fingerprint density at radius 3 is 2.14 bits per heavy atom. The van der Waals surface area contributed by atoms with Crippen LogP contribution in [0.3, 0.4) is 0 Å². The Morgan fingerprint density at radius 2 is 1.40 bits per heavy atom. The number of imidazole rings is 3. The predicted molar refractivity (Wildman–Crippen MR) is 196 cm³/mol. The minimum atomic E-state index is 0.281.